The molecule has 3 aromatic rings. The van der Waals surface area contributed by atoms with Crippen molar-refractivity contribution in [3.8, 4) is 16.9 Å². The smallest absolute Gasteiger partial charge is 0.410 e. The first-order chi connectivity index (χ1) is 18.0. The van der Waals surface area contributed by atoms with Crippen molar-refractivity contribution >= 4 is 11.9 Å². The van der Waals surface area contributed by atoms with E-state index in [1.807, 2.05) is 54.3 Å². The van der Waals surface area contributed by atoms with Gasteiger partial charge in [-0.2, -0.15) is 0 Å². The van der Waals surface area contributed by atoms with E-state index in [9.17, 15) is 9.59 Å². The SMILES string of the molecule is COc1ccc(C(=O)C2CC3COCC(C2)N3C(=O)OCC2c3ccccc3-c3ccccc32)c(C)c1. The van der Waals surface area contributed by atoms with Crippen LogP contribution in [-0.4, -0.2) is 55.8 Å². The third-order valence-electron chi connectivity index (χ3n) is 8.14. The van der Waals surface area contributed by atoms with Crippen LogP contribution in [0.5, 0.6) is 5.75 Å². The van der Waals surface area contributed by atoms with E-state index >= 15 is 0 Å². The monoisotopic (exact) mass is 497 g/mol. The molecule has 190 valence electrons. The minimum absolute atomic E-state index is 0.0182. The molecule has 6 rings (SSSR count). The molecule has 2 heterocycles. The van der Waals surface area contributed by atoms with Crippen LogP contribution >= 0.6 is 0 Å². The highest BCUT2D eigenvalue weighted by Crippen LogP contribution is 2.45. The van der Waals surface area contributed by atoms with Crippen molar-refractivity contribution in [2.75, 3.05) is 26.9 Å². The van der Waals surface area contributed by atoms with Crippen molar-refractivity contribution in [2.24, 2.45) is 5.92 Å². The Morgan fingerprint density at radius 3 is 2.14 bits per heavy atom. The Bertz CT molecular complexity index is 1290. The molecule has 1 aliphatic carbocycles. The molecule has 6 nitrogen and oxygen atoms in total. The highest BCUT2D eigenvalue weighted by Gasteiger charge is 2.45. The number of methoxy groups -OCH3 is 1. The number of ketones is 1. The summed E-state index contributed by atoms with van der Waals surface area (Å²) in [5, 5.41) is 0. The average Bonchev–Trinajstić information content (AvgIpc) is 3.24. The number of piperidine rings is 1. The van der Waals surface area contributed by atoms with Crippen molar-refractivity contribution in [3.63, 3.8) is 0 Å². The summed E-state index contributed by atoms with van der Waals surface area (Å²) in [6, 6.07) is 21.9. The fourth-order valence-electron chi connectivity index (χ4n) is 6.36. The molecule has 0 N–H and O–H groups in total. The lowest BCUT2D eigenvalue weighted by molar-refractivity contribution is -0.0747. The lowest BCUT2D eigenvalue weighted by Crippen LogP contribution is -2.60. The molecular weight excluding hydrogens is 466 g/mol. The lowest BCUT2D eigenvalue weighted by Gasteiger charge is -2.47. The molecule has 6 heteroatoms. The minimum Gasteiger partial charge on any atom is -0.497 e. The summed E-state index contributed by atoms with van der Waals surface area (Å²) >= 11 is 0. The third-order valence-corrected chi connectivity index (χ3v) is 8.14. The van der Waals surface area contributed by atoms with E-state index in [0.29, 0.717) is 26.1 Å². The first-order valence-electron chi connectivity index (χ1n) is 12.9. The quantitative estimate of drug-likeness (QED) is 0.429. The van der Waals surface area contributed by atoms with E-state index in [0.717, 1.165) is 16.9 Å². The van der Waals surface area contributed by atoms with Crippen LogP contribution in [0.1, 0.15) is 45.8 Å². The van der Waals surface area contributed by atoms with Gasteiger partial charge in [-0.25, -0.2) is 4.79 Å². The molecule has 2 aliphatic heterocycles. The maximum Gasteiger partial charge on any atom is 0.410 e. The second kappa shape index (κ2) is 9.67. The largest absolute Gasteiger partial charge is 0.497 e. The number of benzene rings is 3. The standard InChI is InChI=1S/C31H31NO5/c1-19-13-23(35-2)11-12-24(19)30(33)20-14-21-16-36-17-22(15-20)32(21)31(34)37-18-29-27-9-5-3-7-25(27)26-8-4-6-10-28(26)29/h3-13,20-22,29H,14-18H2,1-2H3. The molecule has 2 saturated heterocycles. The van der Waals surface area contributed by atoms with Crippen LogP contribution in [0, 0.1) is 12.8 Å². The molecule has 2 unspecified atom stereocenters. The average molecular weight is 498 g/mol. The summed E-state index contributed by atoms with van der Waals surface area (Å²) in [6.07, 6.45) is 0.836. The van der Waals surface area contributed by atoms with E-state index in [-0.39, 0.29) is 42.4 Å². The number of rotatable bonds is 5. The van der Waals surface area contributed by atoms with Crippen LogP contribution < -0.4 is 4.74 Å². The van der Waals surface area contributed by atoms with Crippen molar-refractivity contribution in [3.05, 3.63) is 89.0 Å². The molecule has 3 aromatic carbocycles. The number of carbonyl (C=O) groups is 2. The Kier molecular flexibility index (Phi) is 6.21. The number of ether oxygens (including phenoxy) is 3. The molecule has 2 bridgehead atoms. The Morgan fingerprint density at radius 1 is 0.919 bits per heavy atom. The summed E-state index contributed by atoms with van der Waals surface area (Å²) < 4.78 is 17.1. The summed E-state index contributed by atoms with van der Waals surface area (Å²) in [5.41, 5.74) is 6.43. The first-order valence-corrected chi connectivity index (χ1v) is 12.9. The van der Waals surface area contributed by atoms with Gasteiger partial charge in [0, 0.05) is 17.4 Å². The fraction of sp³-hybridized carbons (Fsp3) is 0.355. The van der Waals surface area contributed by atoms with Crippen molar-refractivity contribution < 1.29 is 23.8 Å². The zero-order valence-electron chi connectivity index (χ0n) is 21.2. The van der Waals surface area contributed by atoms with Gasteiger partial charge in [-0.3, -0.25) is 9.69 Å². The lowest BCUT2D eigenvalue weighted by atomic mass is 9.80. The molecule has 0 spiro atoms. The zero-order chi connectivity index (χ0) is 25.5. The summed E-state index contributed by atoms with van der Waals surface area (Å²) in [4.78, 5) is 28.7. The minimum atomic E-state index is -0.313. The van der Waals surface area contributed by atoms with Crippen LogP contribution in [0.2, 0.25) is 0 Å². The Labute approximate surface area is 217 Å². The van der Waals surface area contributed by atoms with Gasteiger partial charge in [0.2, 0.25) is 0 Å². The third kappa shape index (κ3) is 4.19. The number of nitrogens with zero attached hydrogens (tertiary/aromatic N) is 1. The predicted octanol–water partition coefficient (Wildman–Crippen LogP) is 5.61. The van der Waals surface area contributed by atoms with Crippen LogP contribution in [0.4, 0.5) is 4.79 Å². The van der Waals surface area contributed by atoms with Crippen LogP contribution in [0.25, 0.3) is 11.1 Å². The van der Waals surface area contributed by atoms with Gasteiger partial charge in [-0.15, -0.1) is 0 Å². The molecule has 1 amide bonds. The number of fused-ring (bicyclic) bond motifs is 5. The second-order valence-electron chi connectivity index (χ2n) is 10.3. The fourth-order valence-corrected chi connectivity index (χ4v) is 6.36. The number of Topliss-reactive ketones (excluding diaryl/α,β-unsaturated/α-hetero) is 1. The normalized spacial score (nSPS) is 22.2. The number of amides is 1. The van der Waals surface area contributed by atoms with Gasteiger partial charge >= 0.3 is 6.09 Å². The van der Waals surface area contributed by atoms with E-state index in [1.54, 1.807) is 7.11 Å². The van der Waals surface area contributed by atoms with Gasteiger partial charge in [-0.05, 0) is 65.8 Å². The Morgan fingerprint density at radius 2 is 1.54 bits per heavy atom. The highest BCUT2D eigenvalue weighted by atomic mass is 16.6. The van der Waals surface area contributed by atoms with E-state index < -0.39 is 0 Å². The zero-order valence-corrected chi connectivity index (χ0v) is 21.2. The molecule has 0 saturated carbocycles. The number of aryl methyl sites for hydroxylation is 1. The van der Waals surface area contributed by atoms with Gasteiger partial charge in [0.25, 0.3) is 0 Å². The van der Waals surface area contributed by atoms with Gasteiger partial charge in [0.05, 0.1) is 32.4 Å². The first kappa shape index (κ1) is 23.7. The van der Waals surface area contributed by atoms with E-state index in [1.165, 1.54) is 22.3 Å². The Hall–Kier alpha value is -3.64. The van der Waals surface area contributed by atoms with E-state index in [2.05, 4.69) is 24.3 Å². The molecule has 37 heavy (non-hydrogen) atoms. The summed E-state index contributed by atoms with van der Waals surface area (Å²) in [7, 11) is 1.62. The second-order valence-corrected chi connectivity index (χ2v) is 10.3. The van der Waals surface area contributed by atoms with Crippen LogP contribution in [0.15, 0.2) is 66.7 Å². The number of hydrogen-bond acceptors (Lipinski definition) is 5. The van der Waals surface area contributed by atoms with Crippen molar-refractivity contribution in [2.45, 2.75) is 37.8 Å². The van der Waals surface area contributed by atoms with Gasteiger partial charge in [0.15, 0.2) is 5.78 Å². The maximum absolute atomic E-state index is 13.4. The van der Waals surface area contributed by atoms with Gasteiger partial charge in [0.1, 0.15) is 12.4 Å². The molecule has 2 fully saturated rings. The summed E-state index contributed by atoms with van der Waals surface area (Å²) in [5.74, 6) is 0.738. The van der Waals surface area contributed by atoms with E-state index in [4.69, 9.17) is 14.2 Å². The Balaban J connectivity index is 1.16. The number of morpholine rings is 1. The summed E-state index contributed by atoms with van der Waals surface area (Å²) in [6.45, 7) is 3.07. The molecular formula is C31H31NO5. The van der Waals surface area contributed by atoms with Crippen LogP contribution in [0.3, 0.4) is 0 Å². The van der Waals surface area contributed by atoms with Gasteiger partial charge < -0.3 is 14.2 Å². The molecule has 2 atom stereocenters. The molecule has 0 aromatic heterocycles. The molecule has 0 radical (unpaired) electrons. The van der Waals surface area contributed by atoms with Gasteiger partial charge in [-0.1, -0.05) is 48.5 Å². The highest BCUT2D eigenvalue weighted by molar-refractivity contribution is 5.99. The maximum atomic E-state index is 13.4. The van der Waals surface area contributed by atoms with Crippen molar-refractivity contribution in [1.29, 1.82) is 0 Å². The van der Waals surface area contributed by atoms with Crippen LogP contribution in [-0.2, 0) is 9.47 Å². The van der Waals surface area contributed by atoms with Crippen molar-refractivity contribution in [1.82, 2.24) is 4.90 Å². The molecule has 3 aliphatic rings. The number of hydrogen-bond donors (Lipinski definition) is 0. The predicted molar refractivity (Wildman–Crippen MR) is 140 cm³/mol. The topological polar surface area (TPSA) is 65.1 Å². The number of carbonyl (C=O) groups excluding carboxylic acids is 2.